The molecular formula is C24H32N8O5. The Bertz CT molecular complexity index is 1240. The summed E-state index contributed by atoms with van der Waals surface area (Å²) in [5, 5.41) is 5.49. The summed E-state index contributed by atoms with van der Waals surface area (Å²) in [4.78, 5) is 51.7. The van der Waals surface area contributed by atoms with Crippen LogP contribution in [0.15, 0.2) is 36.7 Å². The number of nitrogen functional groups attached to an aromatic ring is 1. The molecule has 0 fully saturated rings. The highest BCUT2D eigenvalue weighted by Gasteiger charge is 2.23. The number of rotatable bonds is 10. The van der Waals surface area contributed by atoms with Gasteiger partial charge >= 0.3 is 12.1 Å². The van der Waals surface area contributed by atoms with Crippen LogP contribution < -0.4 is 16.4 Å². The molecule has 13 heteroatoms. The maximum absolute atomic E-state index is 13.1. The van der Waals surface area contributed by atoms with E-state index in [2.05, 4.69) is 25.6 Å². The van der Waals surface area contributed by atoms with Gasteiger partial charge in [-0.15, -0.1) is 0 Å². The second kappa shape index (κ2) is 12.1. The first kappa shape index (κ1) is 27.3. The molecule has 3 rings (SSSR count). The summed E-state index contributed by atoms with van der Waals surface area (Å²) in [5.41, 5.74) is 6.47. The van der Waals surface area contributed by atoms with Gasteiger partial charge in [-0.1, -0.05) is 30.3 Å². The van der Waals surface area contributed by atoms with Crippen LogP contribution in [0.5, 0.6) is 0 Å². The zero-order valence-corrected chi connectivity index (χ0v) is 21.4. The van der Waals surface area contributed by atoms with Gasteiger partial charge in [0.15, 0.2) is 17.0 Å². The Hall–Kier alpha value is -4.26. The van der Waals surface area contributed by atoms with Crippen LogP contribution in [0.1, 0.15) is 26.3 Å². The topological polar surface area (TPSA) is 167 Å². The van der Waals surface area contributed by atoms with Gasteiger partial charge in [0.1, 0.15) is 25.3 Å². The number of ether oxygens (including phenoxy) is 2. The Kier molecular flexibility index (Phi) is 8.95. The van der Waals surface area contributed by atoms with E-state index in [-0.39, 0.29) is 48.5 Å². The van der Waals surface area contributed by atoms with Gasteiger partial charge in [-0.2, -0.15) is 9.97 Å². The number of hydrogen-bond donors (Lipinski definition) is 3. The highest BCUT2D eigenvalue weighted by molar-refractivity contribution is 5.94. The van der Waals surface area contributed by atoms with Crippen molar-refractivity contribution < 1.29 is 23.9 Å². The van der Waals surface area contributed by atoms with Crippen LogP contribution >= 0.6 is 0 Å². The monoisotopic (exact) mass is 512 g/mol. The fourth-order valence-electron chi connectivity index (χ4n) is 3.33. The number of hydrogen-bond acceptors (Lipinski definition) is 10. The van der Waals surface area contributed by atoms with Crippen LogP contribution in [0, 0.1) is 0 Å². The quantitative estimate of drug-likeness (QED) is 0.339. The van der Waals surface area contributed by atoms with Gasteiger partial charge in [0.25, 0.3) is 0 Å². The predicted octanol–water partition coefficient (Wildman–Crippen LogP) is 1.55. The SMILES string of the molecule is CNCCN(CC(=O)OC(C)(C)C)C(=O)Cn1cnc2c(NC(=O)OCc3ccccc3)nc(N)nc21. The molecule has 0 unspecified atom stereocenters. The molecule has 4 N–H and O–H groups in total. The normalized spacial score (nSPS) is 11.2. The second-order valence-electron chi connectivity index (χ2n) is 9.17. The van der Waals surface area contributed by atoms with Crippen molar-refractivity contribution in [3.63, 3.8) is 0 Å². The van der Waals surface area contributed by atoms with Gasteiger partial charge in [0.05, 0.1) is 6.33 Å². The van der Waals surface area contributed by atoms with Crippen LogP contribution in [-0.2, 0) is 32.2 Å². The number of amides is 2. The summed E-state index contributed by atoms with van der Waals surface area (Å²) < 4.78 is 12.1. The minimum atomic E-state index is -0.746. The Morgan fingerprint density at radius 2 is 1.86 bits per heavy atom. The number of imidazole rings is 1. The molecule has 2 heterocycles. The van der Waals surface area contributed by atoms with E-state index in [0.717, 1.165) is 5.56 Å². The van der Waals surface area contributed by atoms with Crippen LogP contribution in [0.3, 0.4) is 0 Å². The molecule has 0 radical (unpaired) electrons. The van der Waals surface area contributed by atoms with Crippen LogP contribution in [0.4, 0.5) is 16.6 Å². The van der Waals surface area contributed by atoms with E-state index in [1.54, 1.807) is 27.8 Å². The van der Waals surface area contributed by atoms with E-state index in [0.29, 0.717) is 13.1 Å². The van der Waals surface area contributed by atoms with Crippen molar-refractivity contribution in [3.8, 4) is 0 Å². The molecule has 2 amide bonds. The van der Waals surface area contributed by atoms with Crippen LogP contribution in [-0.4, -0.2) is 74.7 Å². The molecule has 2 aromatic heterocycles. The van der Waals surface area contributed by atoms with E-state index < -0.39 is 17.7 Å². The largest absolute Gasteiger partial charge is 0.459 e. The summed E-state index contributed by atoms with van der Waals surface area (Å²) >= 11 is 0. The average Bonchev–Trinajstić information content (AvgIpc) is 3.22. The van der Waals surface area contributed by atoms with Gasteiger partial charge in [0, 0.05) is 13.1 Å². The fourth-order valence-corrected chi connectivity index (χ4v) is 3.33. The van der Waals surface area contributed by atoms with Crippen molar-refractivity contribution in [3.05, 3.63) is 42.2 Å². The molecule has 13 nitrogen and oxygen atoms in total. The van der Waals surface area contributed by atoms with E-state index in [4.69, 9.17) is 15.2 Å². The van der Waals surface area contributed by atoms with E-state index in [1.165, 1.54) is 15.8 Å². The lowest BCUT2D eigenvalue weighted by atomic mass is 10.2. The number of nitrogens with zero attached hydrogens (tertiary/aromatic N) is 5. The molecule has 0 aliphatic heterocycles. The molecule has 0 aliphatic carbocycles. The Balaban J connectivity index is 1.73. The van der Waals surface area contributed by atoms with Gasteiger partial charge in [-0.3, -0.25) is 14.9 Å². The zero-order chi connectivity index (χ0) is 27.0. The highest BCUT2D eigenvalue weighted by atomic mass is 16.6. The van der Waals surface area contributed by atoms with E-state index in [9.17, 15) is 14.4 Å². The first-order valence-electron chi connectivity index (χ1n) is 11.7. The lowest BCUT2D eigenvalue weighted by Crippen LogP contribution is -2.43. The third kappa shape index (κ3) is 8.14. The van der Waals surface area contributed by atoms with Gasteiger partial charge < -0.3 is 30.0 Å². The number of carbonyl (C=O) groups excluding carboxylic acids is 3. The minimum absolute atomic E-state index is 0.0487. The maximum atomic E-state index is 13.1. The molecule has 0 atom stereocenters. The van der Waals surface area contributed by atoms with Crippen molar-refractivity contribution in [1.82, 2.24) is 29.7 Å². The summed E-state index contributed by atoms with van der Waals surface area (Å²) in [6.45, 7) is 5.74. The van der Waals surface area contributed by atoms with E-state index in [1.807, 2.05) is 30.3 Å². The number of fused-ring (bicyclic) bond motifs is 1. The van der Waals surface area contributed by atoms with Crippen molar-refractivity contribution in [2.24, 2.45) is 0 Å². The highest BCUT2D eigenvalue weighted by Crippen LogP contribution is 2.20. The lowest BCUT2D eigenvalue weighted by Gasteiger charge is -2.25. The van der Waals surface area contributed by atoms with Crippen molar-refractivity contribution in [2.45, 2.75) is 39.5 Å². The number of benzene rings is 1. The van der Waals surface area contributed by atoms with Gasteiger partial charge in [-0.05, 0) is 33.4 Å². The molecule has 0 spiro atoms. The molecular weight excluding hydrogens is 480 g/mol. The summed E-state index contributed by atoms with van der Waals surface area (Å²) in [7, 11) is 1.75. The molecule has 0 saturated carbocycles. The molecule has 3 aromatic rings. The molecule has 0 aliphatic rings. The minimum Gasteiger partial charge on any atom is -0.459 e. The molecule has 198 valence electrons. The first-order chi connectivity index (χ1) is 17.6. The third-order valence-corrected chi connectivity index (χ3v) is 4.94. The molecule has 1 aromatic carbocycles. The van der Waals surface area contributed by atoms with Crippen molar-refractivity contribution >= 4 is 40.9 Å². The maximum Gasteiger partial charge on any atom is 0.413 e. The van der Waals surface area contributed by atoms with Gasteiger partial charge in [0.2, 0.25) is 11.9 Å². The molecule has 0 bridgehead atoms. The smallest absolute Gasteiger partial charge is 0.413 e. The third-order valence-electron chi connectivity index (χ3n) is 4.94. The zero-order valence-electron chi connectivity index (χ0n) is 21.4. The standard InChI is InChI=1S/C24H32N8O5/c1-24(2,3)37-18(34)13-31(11-10-26-4)17(33)12-32-15-27-19-20(28-22(25)30-21(19)32)29-23(35)36-14-16-8-6-5-7-9-16/h5-9,15,26H,10-14H2,1-4H3,(H3,25,28,29,30,35). The number of anilines is 2. The lowest BCUT2D eigenvalue weighted by molar-refractivity contribution is -0.159. The van der Waals surface area contributed by atoms with Gasteiger partial charge in [-0.25, -0.2) is 9.78 Å². The van der Waals surface area contributed by atoms with Crippen molar-refractivity contribution in [1.29, 1.82) is 0 Å². The van der Waals surface area contributed by atoms with E-state index >= 15 is 0 Å². The Morgan fingerprint density at radius 3 is 2.54 bits per heavy atom. The molecule has 0 saturated heterocycles. The summed E-state index contributed by atoms with van der Waals surface area (Å²) in [5.74, 6) is -0.942. The number of nitrogens with one attached hydrogen (secondary N) is 2. The average molecular weight is 513 g/mol. The molecule has 37 heavy (non-hydrogen) atoms. The number of carbonyl (C=O) groups is 3. The predicted molar refractivity (Wildman–Crippen MR) is 136 cm³/mol. The summed E-state index contributed by atoms with van der Waals surface area (Å²) in [6.07, 6.45) is 0.644. The number of nitrogens with two attached hydrogens (primary N) is 1. The fraction of sp³-hybridized carbons (Fsp3) is 0.417. The van der Waals surface area contributed by atoms with Crippen LogP contribution in [0.25, 0.3) is 11.2 Å². The number of esters is 1. The Morgan fingerprint density at radius 1 is 1.14 bits per heavy atom. The summed E-state index contributed by atoms with van der Waals surface area (Å²) in [6, 6.07) is 9.20. The van der Waals surface area contributed by atoms with Crippen molar-refractivity contribution in [2.75, 3.05) is 37.7 Å². The second-order valence-corrected chi connectivity index (χ2v) is 9.17. The van der Waals surface area contributed by atoms with Crippen LogP contribution in [0.2, 0.25) is 0 Å². The number of aromatic nitrogens is 4. The Labute approximate surface area is 214 Å². The number of likely N-dealkylation sites (N-methyl/N-ethyl adjacent to an activating group) is 1. The first-order valence-corrected chi connectivity index (χ1v) is 11.7.